The molecule has 0 bridgehead atoms. The summed E-state index contributed by atoms with van der Waals surface area (Å²) in [5.41, 5.74) is 2.39. The van der Waals surface area contributed by atoms with Gasteiger partial charge in [0.15, 0.2) is 0 Å². The molecule has 0 saturated heterocycles. The van der Waals surface area contributed by atoms with E-state index in [0.29, 0.717) is 22.3 Å². The lowest BCUT2D eigenvalue weighted by Crippen LogP contribution is -1.97. The highest BCUT2D eigenvalue weighted by molar-refractivity contribution is 6.29. The van der Waals surface area contributed by atoms with Crippen LogP contribution in [0.1, 0.15) is 44.8 Å². The Morgan fingerprint density at radius 2 is 0.857 bits per heavy atom. The van der Waals surface area contributed by atoms with Gasteiger partial charge in [-0.2, -0.15) is 42.1 Å². The number of hydrogen-bond acceptors (Lipinski definition) is 10. The molecule has 10 nitrogen and oxygen atoms in total. The quantitative estimate of drug-likeness (QED) is 0.413. The maximum Gasteiger partial charge on any atom is 0.138 e. The molecule has 186 valence electrons. The predicted molar refractivity (Wildman–Crippen MR) is 145 cm³/mol. The predicted octanol–water partition coefficient (Wildman–Crippen LogP) is 4.72. The second-order valence-corrected chi connectivity index (χ2v) is 8.70. The smallest absolute Gasteiger partial charge is 0.138 e. The van der Waals surface area contributed by atoms with Crippen molar-refractivity contribution in [1.29, 1.82) is 42.1 Å². The lowest BCUT2D eigenvalue weighted by molar-refractivity contribution is 1.26. The number of allylic oxidation sites excluding steroid dienone is 8. The topological polar surface area (TPSA) is 216 Å². The van der Waals surface area contributed by atoms with E-state index in [2.05, 4.69) is 22.1 Å². The zero-order valence-corrected chi connectivity index (χ0v) is 21.1. The van der Waals surface area contributed by atoms with Crippen LogP contribution >= 0.6 is 0 Å². The number of hydrogen-bond donors (Lipinski definition) is 0. The van der Waals surface area contributed by atoms with E-state index >= 15 is 0 Å². The molecule has 0 unspecified atom stereocenters. The summed E-state index contributed by atoms with van der Waals surface area (Å²) in [4.78, 5) is 8.57. The fraction of sp³-hybridized carbons (Fsp3) is 0. The summed E-state index contributed by atoms with van der Waals surface area (Å²) in [7, 11) is 0. The minimum atomic E-state index is -0.311. The molecule has 0 N–H and O–H groups in total. The van der Waals surface area contributed by atoms with E-state index in [4.69, 9.17) is 0 Å². The van der Waals surface area contributed by atoms with Crippen LogP contribution in [0.5, 0.6) is 0 Å². The Balaban J connectivity index is 1.91. The van der Waals surface area contributed by atoms with Gasteiger partial charge in [-0.1, -0.05) is 0 Å². The third kappa shape index (κ3) is 3.74. The van der Waals surface area contributed by atoms with Gasteiger partial charge >= 0.3 is 0 Å². The molecule has 0 aliphatic heterocycles. The Morgan fingerprint density at radius 3 is 1.14 bits per heavy atom. The highest BCUT2D eigenvalue weighted by atomic mass is 14.7. The molecule has 2 heterocycles. The number of nitriles is 8. The molecule has 2 aromatic heterocycles. The highest BCUT2D eigenvalue weighted by Gasteiger charge is 2.37. The van der Waals surface area contributed by atoms with E-state index in [0.717, 1.165) is 0 Å². The first-order valence-corrected chi connectivity index (χ1v) is 11.8. The monoisotopic (exact) mass is 532 g/mol. The van der Waals surface area contributed by atoms with Crippen LogP contribution in [0, 0.1) is 90.6 Å². The van der Waals surface area contributed by atoms with Crippen LogP contribution in [0.4, 0.5) is 0 Å². The van der Waals surface area contributed by atoms with Gasteiger partial charge in [0.05, 0.1) is 33.7 Å². The fourth-order valence-electron chi connectivity index (χ4n) is 4.97. The Labute approximate surface area is 238 Å². The first-order chi connectivity index (χ1) is 20.5. The Morgan fingerprint density at radius 1 is 0.476 bits per heavy atom. The molecule has 5 rings (SSSR count). The van der Waals surface area contributed by atoms with Crippen molar-refractivity contribution in [3.05, 3.63) is 105 Å². The van der Waals surface area contributed by atoms with Crippen LogP contribution in [-0.4, -0.2) is 9.97 Å². The number of benzene rings is 1. The lowest BCUT2D eigenvalue weighted by atomic mass is 9.90. The minimum absolute atomic E-state index is 0.0802. The molecule has 0 fully saturated rings. The summed E-state index contributed by atoms with van der Waals surface area (Å²) in [6, 6.07) is 24.7. The van der Waals surface area contributed by atoms with Crippen LogP contribution in [0.3, 0.4) is 0 Å². The summed E-state index contributed by atoms with van der Waals surface area (Å²) in [6.45, 7) is 0. The van der Waals surface area contributed by atoms with Crippen molar-refractivity contribution in [2.75, 3.05) is 0 Å². The first-order valence-electron chi connectivity index (χ1n) is 11.8. The zero-order valence-electron chi connectivity index (χ0n) is 21.1. The fourth-order valence-corrected chi connectivity index (χ4v) is 4.97. The van der Waals surface area contributed by atoms with Crippen molar-refractivity contribution in [3.63, 3.8) is 0 Å². The van der Waals surface area contributed by atoms with Crippen molar-refractivity contribution in [2.24, 2.45) is 0 Å². The van der Waals surface area contributed by atoms with Crippen LogP contribution in [0.2, 0.25) is 0 Å². The zero-order chi connectivity index (χ0) is 30.0. The van der Waals surface area contributed by atoms with Gasteiger partial charge in [0.25, 0.3) is 0 Å². The normalized spacial score (nSPS) is 12.3. The molecule has 10 heteroatoms. The van der Waals surface area contributed by atoms with E-state index in [9.17, 15) is 42.1 Å². The second kappa shape index (κ2) is 10.3. The van der Waals surface area contributed by atoms with Gasteiger partial charge in [-0.25, -0.2) is 0 Å². The summed E-state index contributed by atoms with van der Waals surface area (Å²) in [6.07, 6.45) is 2.60. The molecule has 0 radical (unpaired) electrons. The van der Waals surface area contributed by atoms with Crippen LogP contribution in [0.15, 0.2) is 59.9 Å². The van der Waals surface area contributed by atoms with Gasteiger partial charge in [-0.15, -0.1) is 0 Å². The van der Waals surface area contributed by atoms with Crippen LogP contribution in [-0.2, 0) is 0 Å². The SMILES string of the molecule is N#CC(C#N)=C1C(c2ccc(C#N)cn2)=C(C#N)c2cc3c(cc21)C(=C(C#N)C#N)C(c1ccc(C#N)cn1)=C3C#N. The number of aromatic nitrogens is 2. The minimum Gasteiger partial charge on any atom is -0.255 e. The molecular formula is C32H8N10. The maximum atomic E-state index is 10.3. The molecule has 0 saturated carbocycles. The molecule has 0 amide bonds. The second-order valence-electron chi connectivity index (χ2n) is 8.70. The number of rotatable bonds is 2. The summed E-state index contributed by atoms with van der Waals surface area (Å²) >= 11 is 0. The van der Waals surface area contributed by atoms with Crippen molar-refractivity contribution in [1.82, 2.24) is 9.97 Å². The summed E-state index contributed by atoms with van der Waals surface area (Å²) in [5.74, 6) is 0. The molecule has 2 aliphatic rings. The third-order valence-corrected chi connectivity index (χ3v) is 6.70. The number of nitrogens with zero attached hydrogens (tertiary/aromatic N) is 10. The van der Waals surface area contributed by atoms with E-state index in [1.165, 1.54) is 36.7 Å². The average Bonchev–Trinajstić information content (AvgIpc) is 3.53. The maximum absolute atomic E-state index is 10.3. The average molecular weight is 532 g/mol. The van der Waals surface area contributed by atoms with Gasteiger partial charge in [0.2, 0.25) is 0 Å². The van der Waals surface area contributed by atoms with Crippen LogP contribution < -0.4 is 0 Å². The molecular weight excluding hydrogens is 524 g/mol. The number of pyridine rings is 2. The molecule has 42 heavy (non-hydrogen) atoms. The van der Waals surface area contributed by atoms with Gasteiger partial charge in [-0.05, 0) is 47.5 Å². The van der Waals surface area contributed by atoms with Gasteiger partial charge in [-0.3, -0.25) is 9.97 Å². The van der Waals surface area contributed by atoms with Crippen molar-refractivity contribution >= 4 is 33.4 Å². The van der Waals surface area contributed by atoms with Gasteiger partial charge in [0.1, 0.15) is 59.7 Å². The lowest BCUT2D eigenvalue weighted by Gasteiger charge is -2.11. The third-order valence-electron chi connectivity index (χ3n) is 6.70. The summed E-state index contributed by atoms with van der Waals surface area (Å²) in [5, 5.41) is 78.4. The van der Waals surface area contributed by atoms with E-state index < -0.39 is 0 Å². The number of fused-ring (bicyclic) bond motifs is 2. The van der Waals surface area contributed by atoms with Gasteiger partial charge < -0.3 is 0 Å². The molecule has 2 aliphatic carbocycles. The molecule has 0 spiro atoms. The van der Waals surface area contributed by atoms with Crippen LogP contribution in [0.25, 0.3) is 33.4 Å². The molecule has 0 atom stereocenters. The van der Waals surface area contributed by atoms with E-state index in [-0.39, 0.29) is 67.1 Å². The molecule has 3 aromatic rings. The Hall–Kier alpha value is -7.60. The summed E-state index contributed by atoms with van der Waals surface area (Å²) < 4.78 is 0. The van der Waals surface area contributed by atoms with Crippen molar-refractivity contribution in [3.8, 4) is 48.6 Å². The van der Waals surface area contributed by atoms with E-state index in [1.807, 2.05) is 36.4 Å². The van der Waals surface area contributed by atoms with Gasteiger partial charge in [0, 0.05) is 45.8 Å². The molecule has 1 aromatic carbocycles. The van der Waals surface area contributed by atoms with E-state index in [1.54, 1.807) is 12.1 Å². The van der Waals surface area contributed by atoms with Crippen molar-refractivity contribution < 1.29 is 0 Å². The Kier molecular flexibility index (Phi) is 6.37. The standard InChI is InChI=1S/C32H8N10/c33-7-17-1-3-27(41-15-17)31-25(13-39)21-5-22-24(6-23(21)29(31)19(9-35)10-36)30(20(11-37)12-38)32(26(22)14-40)28-4-2-18(8-34)16-42-28/h1-6,15-16H. The van der Waals surface area contributed by atoms with Crippen molar-refractivity contribution in [2.45, 2.75) is 0 Å². The highest BCUT2D eigenvalue weighted by Crippen LogP contribution is 2.53. The first kappa shape index (κ1) is 26.0. The largest absolute Gasteiger partial charge is 0.255 e. The Bertz CT molecular complexity index is 2050.